The monoisotopic (exact) mass is 364 g/mol. The largest absolute Gasteiger partial charge is 0.0584 e. The molecule has 0 amide bonds. The van der Waals surface area contributed by atoms with Crippen molar-refractivity contribution in [3.05, 3.63) is 94.0 Å². The fourth-order valence-electron chi connectivity index (χ4n) is 4.05. The van der Waals surface area contributed by atoms with Gasteiger partial charge in [-0.3, -0.25) is 0 Å². The van der Waals surface area contributed by atoms with Crippen LogP contribution in [0.3, 0.4) is 0 Å². The lowest BCUT2D eigenvalue weighted by molar-refractivity contribution is 1.34. The second kappa shape index (κ2) is 6.95. The molecule has 0 aliphatic heterocycles. The Morgan fingerprint density at radius 3 is 1.14 bits per heavy atom. The van der Waals surface area contributed by atoms with Gasteiger partial charge < -0.3 is 0 Å². The van der Waals surface area contributed by atoms with Gasteiger partial charge in [0, 0.05) is 0 Å². The summed E-state index contributed by atoms with van der Waals surface area (Å²) in [6, 6.07) is 23.0. The van der Waals surface area contributed by atoms with Crippen molar-refractivity contribution in [1.82, 2.24) is 0 Å². The quantitative estimate of drug-likeness (QED) is 0.338. The molecule has 0 aliphatic carbocycles. The Bertz CT molecular complexity index is 1110. The molecule has 0 heteroatoms. The zero-order valence-electron chi connectivity index (χ0n) is 17.8. The van der Waals surface area contributed by atoms with Crippen LogP contribution in [0.4, 0.5) is 0 Å². The minimum atomic E-state index is 1.30. The van der Waals surface area contributed by atoms with Crippen molar-refractivity contribution in [3.63, 3.8) is 0 Å². The third-order valence-electron chi connectivity index (χ3n) is 5.99. The maximum Gasteiger partial charge on any atom is -0.00963 e. The van der Waals surface area contributed by atoms with E-state index in [0.29, 0.717) is 0 Å². The van der Waals surface area contributed by atoms with Gasteiger partial charge >= 0.3 is 0 Å². The van der Waals surface area contributed by atoms with Crippen LogP contribution in [0, 0.1) is 41.5 Å². The highest BCUT2D eigenvalue weighted by atomic mass is 14.2. The molecule has 0 saturated carbocycles. The molecule has 4 aromatic carbocycles. The standard InChI is InChI=1S/C28H28/c1-17-11-25(23-9-7-19(3)21(5)15-23)28-14-18(2)12-26(27(28)13-17)24-10-8-20(4)22(6)16-24/h7-16H,1-6H3. The van der Waals surface area contributed by atoms with Crippen LogP contribution in [0.5, 0.6) is 0 Å². The summed E-state index contributed by atoms with van der Waals surface area (Å²) in [6.07, 6.45) is 0. The Morgan fingerprint density at radius 2 is 0.786 bits per heavy atom. The zero-order chi connectivity index (χ0) is 20.0. The van der Waals surface area contributed by atoms with Crippen LogP contribution in [-0.4, -0.2) is 0 Å². The minimum Gasteiger partial charge on any atom is -0.0584 e. The van der Waals surface area contributed by atoms with Crippen molar-refractivity contribution < 1.29 is 0 Å². The van der Waals surface area contributed by atoms with Crippen molar-refractivity contribution in [1.29, 1.82) is 0 Å². The first-order chi connectivity index (χ1) is 13.3. The van der Waals surface area contributed by atoms with Gasteiger partial charge in [-0.05, 0) is 108 Å². The molecule has 0 aromatic heterocycles. The second-order valence-corrected chi connectivity index (χ2v) is 8.32. The van der Waals surface area contributed by atoms with Gasteiger partial charge in [-0.25, -0.2) is 0 Å². The molecule has 0 aliphatic rings. The number of benzene rings is 4. The van der Waals surface area contributed by atoms with Crippen molar-refractivity contribution in [2.75, 3.05) is 0 Å². The smallest absolute Gasteiger partial charge is 0.00963 e. The van der Waals surface area contributed by atoms with E-state index in [0.717, 1.165) is 0 Å². The van der Waals surface area contributed by atoms with E-state index in [4.69, 9.17) is 0 Å². The van der Waals surface area contributed by atoms with Crippen LogP contribution in [-0.2, 0) is 0 Å². The Morgan fingerprint density at radius 1 is 0.393 bits per heavy atom. The number of hydrogen-bond donors (Lipinski definition) is 0. The molecule has 0 unspecified atom stereocenters. The van der Waals surface area contributed by atoms with Crippen molar-refractivity contribution in [3.8, 4) is 22.3 Å². The highest BCUT2D eigenvalue weighted by molar-refractivity contribution is 6.05. The normalized spacial score (nSPS) is 11.2. The van der Waals surface area contributed by atoms with Gasteiger partial charge in [-0.15, -0.1) is 0 Å². The number of rotatable bonds is 2. The predicted octanol–water partition coefficient (Wildman–Crippen LogP) is 8.02. The van der Waals surface area contributed by atoms with Gasteiger partial charge in [0.2, 0.25) is 0 Å². The van der Waals surface area contributed by atoms with Crippen LogP contribution in [0.2, 0.25) is 0 Å². The fourth-order valence-corrected chi connectivity index (χ4v) is 4.05. The van der Waals surface area contributed by atoms with E-state index in [2.05, 4.69) is 102 Å². The van der Waals surface area contributed by atoms with E-state index >= 15 is 0 Å². The summed E-state index contributed by atoms with van der Waals surface area (Å²) >= 11 is 0. The summed E-state index contributed by atoms with van der Waals surface area (Å²) < 4.78 is 0. The molecule has 0 N–H and O–H groups in total. The molecule has 4 aromatic rings. The molecule has 0 heterocycles. The van der Waals surface area contributed by atoms with Crippen molar-refractivity contribution in [2.24, 2.45) is 0 Å². The molecule has 0 fully saturated rings. The third-order valence-corrected chi connectivity index (χ3v) is 5.99. The molecule has 4 rings (SSSR count). The molecular weight excluding hydrogens is 336 g/mol. The molecule has 28 heavy (non-hydrogen) atoms. The summed E-state index contributed by atoms with van der Waals surface area (Å²) in [5, 5.41) is 2.67. The number of fused-ring (bicyclic) bond motifs is 1. The number of hydrogen-bond acceptors (Lipinski definition) is 0. The second-order valence-electron chi connectivity index (χ2n) is 8.32. The Labute approximate surface area is 168 Å². The fraction of sp³-hybridized carbons (Fsp3) is 0.214. The lowest BCUT2D eigenvalue weighted by atomic mass is 9.88. The van der Waals surface area contributed by atoms with Crippen LogP contribution in [0.1, 0.15) is 33.4 Å². The summed E-state index contributed by atoms with van der Waals surface area (Å²) in [5.41, 5.74) is 13.2. The first-order valence-electron chi connectivity index (χ1n) is 10.0. The van der Waals surface area contributed by atoms with E-state index < -0.39 is 0 Å². The van der Waals surface area contributed by atoms with Gasteiger partial charge in [-0.1, -0.05) is 60.7 Å². The van der Waals surface area contributed by atoms with Gasteiger partial charge in [0.25, 0.3) is 0 Å². The van der Waals surface area contributed by atoms with Crippen LogP contribution >= 0.6 is 0 Å². The molecule has 140 valence electrons. The zero-order valence-corrected chi connectivity index (χ0v) is 17.8. The van der Waals surface area contributed by atoms with E-state index in [1.54, 1.807) is 0 Å². The number of aryl methyl sites for hydroxylation is 6. The summed E-state index contributed by atoms with van der Waals surface area (Å²) in [4.78, 5) is 0. The molecule has 0 bridgehead atoms. The Balaban J connectivity index is 2.05. The van der Waals surface area contributed by atoms with E-state index in [9.17, 15) is 0 Å². The lowest BCUT2D eigenvalue weighted by Crippen LogP contribution is -1.91. The van der Waals surface area contributed by atoms with E-state index in [1.807, 2.05) is 0 Å². The Hall–Kier alpha value is -2.86. The molecule has 0 saturated heterocycles. The van der Waals surface area contributed by atoms with E-state index in [1.165, 1.54) is 66.4 Å². The van der Waals surface area contributed by atoms with Crippen molar-refractivity contribution >= 4 is 10.8 Å². The molecular formula is C28H28. The third kappa shape index (κ3) is 3.24. The van der Waals surface area contributed by atoms with E-state index in [-0.39, 0.29) is 0 Å². The molecule has 0 nitrogen and oxygen atoms in total. The van der Waals surface area contributed by atoms with Crippen molar-refractivity contribution in [2.45, 2.75) is 41.5 Å². The lowest BCUT2D eigenvalue weighted by Gasteiger charge is -2.16. The first kappa shape index (κ1) is 18.5. The summed E-state index contributed by atoms with van der Waals surface area (Å²) in [7, 11) is 0. The maximum atomic E-state index is 2.34. The average molecular weight is 365 g/mol. The SMILES string of the molecule is Cc1cc(-c2ccc(C)c(C)c2)c2cc(C)cc(-c3ccc(C)c(C)c3)c2c1. The topological polar surface area (TPSA) is 0 Å². The highest BCUT2D eigenvalue weighted by Crippen LogP contribution is 2.38. The van der Waals surface area contributed by atoms with Crippen LogP contribution in [0.25, 0.3) is 33.0 Å². The van der Waals surface area contributed by atoms with Gasteiger partial charge in [0.05, 0.1) is 0 Å². The maximum absolute atomic E-state index is 2.34. The predicted molar refractivity (Wildman–Crippen MR) is 123 cm³/mol. The Kier molecular flexibility index (Phi) is 4.59. The average Bonchev–Trinajstić information content (AvgIpc) is 2.65. The summed E-state index contributed by atoms with van der Waals surface area (Å²) in [5.74, 6) is 0. The van der Waals surface area contributed by atoms with Crippen LogP contribution in [0.15, 0.2) is 60.7 Å². The van der Waals surface area contributed by atoms with Crippen LogP contribution < -0.4 is 0 Å². The molecule has 0 atom stereocenters. The molecule has 0 radical (unpaired) electrons. The molecule has 0 spiro atoms. The van der Waals surface area contributed by atoms with Gasteiger partial charge in [0.1, 0.15) is 0 Å². The summed E-state index contributed by atoms with van der Waals surface area (Å²) in [6.45, 7) is 13.2. The minimum absolute atomic E-state index is 1.30. The first-order valence-corrected chi connectivity index (χ1v) is 10.0. The highest BCUT2D eigenvalue weighted by Gasteiger charge is 2.12. The van der Waals surface area contributed by atoms with Gasteiger partial charge in [-0.2, -0.15) is 0 Å². The van der Waals surface area contributed by atoms with Gasteiger partial charge in [0.15, 0.2) is 0 Å².